The zero-order chi connectivity index (χ0) is 24.3. The number of nitrogens with one attached hydrogen (secondary N) is 2. The third-order valence-electron chi connectivity index (χ3n) is 4.96. The van der Waals surface area contributed by atoms with Crippen LogP contribution >= 0.6 is 11.3 Å². The Balaban J connectivity index is 1.58. The summed E-state index contributed by atoms with van der Waals surface area (Å²) in [5.74, 6) is -2.90. The van der Waals surface area contributed by atoms with Crippen LogP contribution in [-0.4, -0.2) is 48.0 Å². The molecule has 9 nitrogen and oxygen atoms in total. The van der Waals surface area contributed by atoms with Gasteiger partial charge in [0.05, 0.1) is 18.8 Å². The van der Waals surface area contributed by atoms with Crippen molar-refractivity contribution in [3.8, 4) is 0 Å². The number of carbonyl (C=O) groups is 2. The Bertz CT molecular complexity index is 1190. The largest absolute Gasteiger partial charge is 0.421 e. The van der Waals surface area contributed by atoms with Gasteiger partial charge in [-0.3, -0.25) is 9.59 Å². The number of morpholine rings is 1. The number of hydrogen-bond donors (Lipinski definition) is 3. The van der Waals surface area contributed by atoms with Gasteiger partial charge in [0.2, 0.25) is 5.95 Å². The maximum atomic E-state index is 13.6. The second kappa shape index (κ2) is 9.65. The number of anilines is 5. The van der Waals surface area contributed by atoms with Crippen LogP contribution in [0, 0.1) is 0 Å². The first kappa shape index (κ1) is 23.4. The summed E-state index contributed by atoms with van der Waals surface area (Å²) in [4.78, 5) is 33.1. The van der Waals surface area contributed by atoms with E-state index in [0.717, 1.165) is 30.1 Å². The molecule has 13 heteroatoms. The van der Waals surface area contributed by atoms with Crippen LogP contribution in [0.15, 0.2) is 41.9 Å². The highest BCUT2D eigenvalue weighted by atomic mass is 32.1. The number of carbonyl (C=O) groups excluding carboxylic acids is 2. The van der Waals surface area contributed by atoms with Crippen molar-refractivity contribution in [1.82, 2.24) is 9.97 Å². The van der Waals surface area contributed by atoms with E-state index in [-0.39, 0.29) is 16.5 Å². The normalized spacial score (nSPS) is 14.0. The number of halogens is 3. The van der Waals surface area contributed by atoms with Crippen LogP contribution in [0.4, 0.5) is 41.3 Å². The predicted molar refractivity (Wildman–Crippen MR) is 121 cm³/mol. The number of Topliss-reactive ketones (excluding diaryl/α,β-unsaturated/α-hetero) is 1. The number of rotatable bonds is 7. The Morgan fingerprint density at radius 1 is 1.09 bits per heavy atom. The molecular formula is C21H19F3N6O3S. The molecule has 1 aromatic carbocycles. The number of ketones is 1. The number of aromatic nitrogens is 2. The van der Waals surface area contributed by atoms with E-state index in [9.17, 15) is 22.8 Å². The lowest BCUT2D eigenvalue weighted by atomic mass is 10.2. The summed E-state index contributed by atoms with van der Waals surface area (Å²) in [7, 11) is 0. The molecule has 0 aliphatic carbocycles. The van der Waals surface area contributed by atoms with Crippen LogP contribution in [0.1, 0.15) is 15.9 Å². The third-order valence-corrected chi connectivity index (χ3v) is 5.79. The lowest BCUT2D eigenvalue weighted by Gasteiger charge is -2.28. The molecule has 0 spiro atoms. The van der Waals surface area contributed by atoms with Crippen molar-refractivity contribution in [1.29, 1.82) is 0 Å². The summed E-state index contributed by atoms with van der Waals surface area (Å²) < 4.78 is 46.0. The zero-order valence-corrected chi connectivity index (χ0v) is 18.4. The molecule has 0 bridgehead atoms. The van der Waals surface area contributed by atoms with Gasteiger partial charge < -0.3 is 26.0 Å². The number of hydrogen-bond acceptors (Lipinski definition) is 9. The smallest absolute Gasteiger partial charge is 0.378 e. The van der Waals surface area contributed by atoms with Crippen molar-refractivity contribution in [3.63, 3.8) is 0 Å². The number of alkyl halides is 3. The molecule has 2 aromatic heterocycles. The topological polar surface area (TPSA) is 122 Å². The number of thiophene rings is 1. The van der Waals surface area contributed by atoms with Gasteiger partial charge in [0.1, 0.15) is 16.4 Å². The fourth-order valence-electron chi connectivity index (χ4n) is 3.28. The lowest BCUT2D eigenvalue weighted by molar-refractivity contribution is -0.137. The van der Waals surface area contributed by atoms with E-state index in [2.05, 4.69) is 25.5 Å². The van der Waals surface area contributed by atoms with Gasteiger partial charge in [-0.1, -0.05) is 0 Å². The van der Waals surface area contributed by atoms with Crippen molar-refractivity contribution < 1.29 is 27.5 Å². The van der Waals surface area contributed by atoms with E-state index in [1.54, 1.807) is 12.1 Å². The van der Waals surface area contributed by atoms with E-state index < -0.39 is 29.2 Å². The number of nitrogens with two attached hydrogens (primary N) is 1. The van der Waals surface area contributed by atoms with E-state index in [4.69, 9.17) is 10.5 Å². The summed E-state index contributed by atoms with van der Waals surface area (Å²) in [5, 5.41) is 6.83. The molecule has 34 heavy (non-hydrogen) atoms. The van der Waals surface area contributed by atoms with E-state index in [0.29, 0.717) is 25.1 Å². The highest BCUT2D eigenvalue weighted by molar-refractivity contribution is 7.14. The standard InChI is InChI=1S/C21H19F3N6O3S/c22-21(23,24)15-11-26-20(27-12-1-3-13(4-2-12)30-6-8-33-9-7-30)29-18(15)28-19-14(5-10-34-19)16(31)17(25)32/h1-5,10-11H,6-9H2,(H2,25,32)(H2,26,27,28,29). The van der Waals surface area contributed by atoms with Crippen LogP contribution in [0.2, 0.25) is 0 Å². The summed E-state index contributed by atoms with van der Waals surface area (Å²) >= 11 is 0.933. The molecule has 178 valence electrons. The van der Waals surface area contributed by atoms with E-state index in [1.165, 1.54) is 11.4 Å². The first-order chi connectivity index (χ1) is 16.2. The van der Waals surface area contributed by atoms with Crippen LogP contribution in [0.5, 0.6) is 0 Å². The average Bonchev–Trinajstić information content (AvgIpc) is 3.27. The van der Waals surface area contributed by atoms with E-state index in [1.807, 2.05) is 12.1 Å². The predicted octanol–water partition coefficient (Wildman–Crippen LogP) is 3.55. The van der Waals surface area contributed by atoms with Crippen LogP contribution in [0.25, 0.3) is 0 Å². The minimum atomic E-state index is -4.76. The van der Waals surface area contributed by atoms with Gasteiger partial charge in [0.15, 0.2) is 0 Å². The van der Waals surface area contributed by atoms with Crippen molar-refractivity contribution in [2.24, 2.45) is 5.73 Å². The summed E-state index contributed by atoms with van der Waals surface area (Å²) in [5.41, 5.74) is 5.31. The average molecular weight is 492 g/mol. The molecule has 3 aromatic rings. The van der Waals surface area contributed by atoms with Crippen molar-refractivity contribution in [3.05, 3.63) is 53.0 Å². The molecule has 1 saturated heterocycles. The number of primary amides is 1. The molecule has 1 aliphatic heterocycles. The molecule has 0 unspecified atom stereocenters. The monoisotopic (exact) mass is 492 g/mol. The van der Waals surface area contributed by atoms with Gasteiger partial charge in [-0.05, 0) is 35.7 Å². The van der Waals surface area contributed by atoms with Gasteiger partial charge in [0, 0.05) is 30.7 Å². The molecule has 1 amide bonds. The number of amides is 1. The highest BCUT2D eigenvalue weighted by Crippen LogP contribution is 2.37. The Kier molecular flexibility index (Phi) is 6.65. The molecular weight excluding hydrogens is 473 g/mol. The van der Waals surface area contributed by atoms with E-state index >= 15 is 0 Å². The Labute approximate surface area is 195 Å². The summed E-state index contributed by atoms with van der Waals surface area (Å²) in [6.07, 6.45) is -4.12. The van der Waals surface area contributed by atoms with Gasteiger partial charge in [-0.15, -0.1) is 11.3 Å². The number of benzene rings is 1. The molecule has 4 rings (SSSR count). The second-order valence-corrected chi connectivity index (χ2v) is 8.12. The number of nitrogens with zero attached hydrogens (tertiary/aromatic N) is 3. The van der Waals surface area contributed by atoms with Gasteiger partial charge in [-0.25, -0.2) is 4.98 Å². The maximum Gasteiger partial charge on any atom is 0.421 e. The summed E-state index contributed by atoms with van der Waals surface area (Å²) in [6, 6.07) is 8.59. The van der Waals surface area contributed by atoms with Crippen molar-refractivity contribution in [2.45, 2.75) is 6.18 Å². The third kappa shape index (κ3) is 5.26. The first-order valence-electron chi connectivity index (χ1n) is 10.0. The van der Waals surface area contributed by atoms with Gasteiger partial charge in [0.25, 0.3) is 11.7 Å². The molecule has 1 aliphatic rings. The quantitative estimate of drug-likeness (QED) is 0.338. The first-order valence-corrected chi connectivity index (χ1v) is 10.9. The molecule has 0 atom stereocenters. The zero-order valence-electron chi connectivity index (χ0n) is 17.6. The van der Waals surface area contributed by atoms with Crippen molar-refractivity contribution >= 4 is 51.2 Å². The van der Waals surface area contributed by atoms with Gasteiger partial charge >= 0.3 is 6.18 Å². The Morgan fingerprint density at radius 2 is 1.79 bits per heavy atom. The number of ether oxygens (including phenoxy) is 1. The van der Waals surface area contributed by atoms with Gasteiger partial charge in [-0.2, -0.15) is 18.2 Å². The van der Waals surface area contributed by atoms with Crippen LogP contribution in [-0.2, 0) is 15.7 Å². The minimum absolute atomic E-state index is 0.00816. The maximum absolute atomic E-state index is 13.6. The minimum Gasteiger partial charge on any atom is -0.378 e. The second-order valence-electron chi connectivity index (χ2n) is 7.21. The van der Waals surface area contributed by atoms with Crippen LogP contribution < -0.4 is 21.3 Å². The van der Waals surface area contributed by atoms with Crippen molar-refractivity contribution in [2.75, 3.05) is 41.8 Å². The Morgan fingerprint density at radius 3 is 2.44 bits per heavy atom. The summed E-state index contributed by atoms with van der Waals surface area (Å²) in [6.45, 7) is 2.83. The lowest BCUT2D eigenvalue weighted by Crippen LogP contribution is -2.36. The highest BCUT2D eigenvalue weighted by Gasteiger charge is 2.36. The SMILES string of the molecule is NC(=O)C(=O)c1ccsc1Nc1nc(Nc2ccc(N3CCOCC3)cc2)ncc1C(F)(F)F. The fraction of sp³-hybridized carbons (Fsp3) is 0.238. The molecule has 3 heterocycles. The van der Waals surface area contributed by atoms with Crippen LogP contribution in [0.3, 0.4) is 0 Å². The molecule has 4 N–H and O–H groups in total. The fourth-order valence-corrected chi connectivity index (χ4v) is 4.06. The Hall–Kier alpha value is -3.71. The molecule has 0 radical (unpaired) electrons. The molecule has 1 fully saturated rings. The molecule has 0 saturated carbocycles.